The Hall–Kier alpha value is -1.97. The van der Waals surface area contributed by atoms with Crippen LogP contribution in [0.3, 0.4) is 0 Å². The summed E-state index contributed by atoms with van der Waals surface area (Å²) in [6.07, 6.45) is 1.87. The maximum atomic E-state index is 12.8. The highest BCUT2D eigenvalue weighted by molar-refractivity contribution is 7.89. The smallest absolute Gasteiger partial charge is 0.325 e. The van der Waals surface area contributed by atoms with Crippen molar-refractivity contribution in [3.05, 3.63) is 29.8 Å². The molecule has 0 radical (unpaired) electrons. The van der Waals surface area contributed by atoms with Crippen LogP contribution in [-0.2, 0) is 26.1 Å². The van der Waals surface area contributed by atoms with Crippen LogP contribution in [0.25, 0.3) is 0 Å². The van der Waals surface area contributed by atoms with Crippen LogP contribution in [0, 0.1) is 5.92 Å². The van der Waals surface area contributed by atoms with Gasteiger partial charge in [0.1, 0.15) is 5.54 Å². The molecule has 3 aliphatic rings. The van der Waals surface area contributed by atoms with Gasteiger partial charge >= 0.3 is 6.03 Å². The summed E-state index contributed by atoms with van der Waals surface area (Å²) >= 11 is 0. The summed E-state index contributed by atoms with van der Waals surface area (Å²) in [5.74, 6) is -0.0524. The minimum absolute atomic E-state index is 0.0550. The standard InChI is InChI=1S/C18H23N3O5S/c1-18(14-5-6-14)16(22)21(17(23)19-18)12-13-3-2-4-15(11-13)27(24,25)20-7-9-26-10-8-20/h2-4,11,14H,5-10,12H2,1H3,(H,19,23)/t18-/m0/s1. The average molecular weight is 393 g/mol. The third-order valence-corrected chi connectivity index (χ3v) is 7.44. The van der Waals surface area contributed by atoms with E-state index < -0.39 is 21.6 Å². The van der Waals surface area contributed by atoms with Crippen LogP contribution in [0.2, 0.25) is 0 Å². The van der Waals surface area contributed by atoms with Crippen LogP contribution < -0.4 is 5.32 Å². The van der Waals surface area contributed by atoms with Gasteiger partial charge in [-0.05, 0) is 43.4 Å². The normalized spacial score (nSPS) is 27.1. The number of benzene rings is 1. The molecule has 0 unspecified atom stereocenters. The predicted molar refractivity (Wildman–Crippen MR) is 96.2 cm³/mol. The van der Waals surface area contributed by atoms with E-state index in [9.17, 15) is 18.0 Å². The zero-order chi connectivity index (χ0) is 19.2. The Bertz CT molecular complexity index is 877. The third-order valence-electron chi connectivity index (χ3n) is 5.54. The number of carbonyl (C=O) groups is 2. The van der Waals surface area contributed by atoms with E-state index in [2.05, 4.69) is 5.32 Å². The number of urea groups is 1. The molecule has 1 aromatic rings. The molecule has 2 saturated heterocycles. The van der Waals surface area contributed by atoms with Crippen LogP contribution in [0.4, 0.5) is 4.79 Å². The number of ether oxygens (including phenoxy) is 1. The maximum Gasteiger partial charge on any atom is 0.325 e. The molecule has 8 nitrogen and oxygen atoms in total. The number of amides is 3. The first-order chi connectivity index (χ1) is 12.8. The molecule has 1 saturated carbocycles. The summed E-state index contributed by atoms with van der Waals surface area (Å²) < 4.78 is 32.2. The fraction of sp³-hybridized carbons (Fsp3) is 0.556. The highest BCUT2D eigenvalue weighted by atomic mass is 32.2. The molecule has 9 heteroatoms. The Balaban J connectivity index is 1.55. The molecule has 2 heterocycles. The van der Waals surface area contributed by atoms with E-state index >= 15 is 0 Å². The van der Waals surface area contributed by atoms with Gasteiger partial charge in [-0.3, -0.25) is 9.69 Å². The van der Waals surface area contributed by atoms with Gasteiger partial charge in [0.25, 0.3) is 5.91 Å². The summed E-state index contributed by atoms with van der Waals surface area (Å²) in [6.45, 7) is 3.21. The maximum absolute atomic E-state index is 12.8. The number of nitrogens with zero attached hydrogens (tertiary/aromatic N) is 2. The zero-order valence-electron chi connectivity index (χ0n) is 15.2. The van der Waals surface area contributed by atoms with Crippen molar-refractivity contribution in [2.45, 2.75) is 36.7 Å². The van der Waals surface area contributed by atoms with Crippen molar-refractivity contribution in [1.29, 1.82) is 0 Å². The predicted octanol–water partition coefficient (Wildman–Crippen LogP) is 0.928. The number of carbonyl (C=O) groups excluding carboxylic acids is 2. The summed E-state index contributed by atoms with van der Waals surface area (Å²) in [6, 6.07) is 6.02. The second-order valence-corrected chi connectivity index (χ2v) is 9.40. The molecule has 1 aromatic carbocycles. The molecule has 146 valence electrons. The molecule has 0 aromatic heterocycles. The first-order valence-corrected chi connectivity index (χ1v) is 10.6. The van der Waals surface area contributed by atoms with Gasteiger partial charge in [-0.15, -0.1) is 0 Å². The number of rotatable bonds is 5. The van der Waals surface area contributed by atoms with Crippen LogP contribution in [0.5, 0.6) is 0 Å². The Morgan fingerprint density at radius 2 is 1.93 bits per heavy atom. The number of morpholine rings is 1. The largest absolute Gasteiger partial charge is 0.379 e. The van der Waals surface area contributed by atoms with Crippen LogP contribution in [-0.4, -0.2) is 61.4 Å². The van der Waals surface area contributed by atoms with E-state index in [4.69, 9.17) is 4.74 Å². The highest BCUT2D eigenvalue weighted by Gasteiger charge is 2.55. The van der Waals surface area contributed by atoms with E-state index in [0.29, 0.717) is 31.9 Å². The van der Waals surface area contributed by atoms with Crippen molar-refractivity contribution in [2.75, 3.05) is 26.3 Å². The molecule has 1 N–H and O–H groups in total. The Kier molecular flexibility index (Phi) is 4.48. The van der Waals surface area contributed by atoms with Crippen molar-refractivity contribution >= 4 is 22.0 Å². The summed E-state index contributed by atoms with van der Waals surface area (Å²) in [5, 5.41) is 2.81. The number of hydrogen-bond donors (Lipinski definition) is 1. The van der Waals surface area contributed by atoms with Crippen molar-refractivity contribution in [2.24, 2.45) is 5.92 Å². The van der Waals surface area contributed by atoms with E-state index in [0.717, 1.165) is 12.8 Å². The molecule has 4 rings (SSSR count). The first-order valence-electron chi connectivity index (χ1n) is 9.13. The third kappa shape index (κ3) is 3.24. The van der Waals surface area contributed by atoms with Gasteiger partial charge in [-0.1, -0.05) is 12.1 Å². The molecule has 2 aliphatic heterocycles. The Morgan fingerprint density at radius 3 is 2.59 bits per heavy atom. The van der Waals surface area contributed by atoms with E-state index in [1.54, 1.807) is 19.1 Å². The van der Waals surface area contributed by atoms with Gasteiger partial charge in [-0.2, -0.15) is 4.31 Å². The lowest BCUT2D eigenvalue weighted by molar-refractivity contribution is -0.131. The van der Waals surface area contributed by atoms with Crippen molar-refractivity contribution in [1.82, 2.24) is 14.5 Å². The molecule has 3 fully saturated rings. The molecule has 1 atom stereocenters. The number of sulfonamides is 1. The fourth-order valence-electron chi connectivity index (χ4n) is 3.72. The Labute approximate surface area is 158 Å². The van der Waals surface area contributed by atoms with Crippen molar-refractivity contribution in [3.63, 3.8) is 0 Å². The zero-order valence-corrected chi connectivity index (χ0v) is 16.0. The first kappa shape index (κ1) is 18.4. The summed E-state index contributed by atoms with van der Waals surface area (Å²) in [5.41, 5.74) is -0.234. The summed E-state index contributed by atoms with van der Waals surface area (Å²) in [4.78, 5) is 26.4. The lowest BCUT2D eigenvalue weighted by Crippen LogP contribution is -2.46. The van der Waals surface area contributed by atoms with Gasteiger partial charge in [0.15, 0.2) is 0 Å². The van der Waals surface area contributed by atoms with E-state index in [1.807, 2.05) is 0 Å². The molecule has 27 heavy (non-hydrogen) atoms. The highest BCUT2D eigenvalue weighted by Crippen LogP contribution is 2.42. The topological polar surface area (TPSA) is 96.0 Å². The molecular weight excluding hydrogens is 370 g/mol. The summed E-state index contributed by atoms with van der Waals surface area (Å²) in [7, 11) is -3.62. The van der Waals surface area contributed by atoms with E-state index in [-0.39, 0.29) is 23.3 Å². The quantitative estimate of drug-likeness (QED) is 0.751. The lowest BCUT2D eigenvalue weighted by Gasteiger charge is -2.26. The van der Waals surface area contributed by atoms with Crippen LogP contribution in [0.15, 0.2) is 29.2 Å². The molecular formula is C18H23N3O5S. The SMILES string of the molecule is C[C@@]1(C2CC2)NC(=O)N(Cc2cccc(S(=O)(=O)N3CCOCC3)c2)C1=O. The second kappa shape index (κ2) is 6.57. The molecule has 3 amide bonds. The minimum Gasteiger partial charge on any atom is -0.379 e. The molecule has 0 spiro atoms. The lowest BCUT2D eigenvalue weighted by atomic mass is 9.96. The van der Waals surface area contributed by atoms with Gasteiger partial charge in [0.2, 0.25) is 10.0 Å². The fourth-order valence-corrected chi connectivity index (χ4v) is 5.20. The van der Waals surface area contributed by atoms with E-state index in [1.165, 1.54) is 21.3 Å². The average Bonchev–Trinajstić information content (AvgIpc) is 3.49. The van der Waals surface area contributed by atoms with Crippen LogP contribution >= 0.6 is 0 Å². The van der Waals surface area contributed by atoms with Gasteiger partial charge in [0, 0.05) is 13.1 Å². The second-order valence-electron chi connectivity index (χ2n) is 7.46. The minimum atomic E-state index is -3.62. The number of imide groups is 1. The number of nitrogens with one attached hydrogen (secondary N) is 1. The van der Waals surface area contributed by atoms with Crippen molar-refractivity contribution < 1.29 is 22.7 Å². The van der Waals surface area contributed by atoms with Crippen molar-refractivity contribution in [3.8, 4) is 0 Å². The Morgan fingerprint density at radius 1 is 1.22 bits per heavy atom. The van der Waals surface area contributed by atoms with Crippen LogP contribution in [0.1, 0.15) is 25.3 Å². The molecule has 0 bridgehead atoms. The monoisotopic (exact) mass is 393 g/mol. The van der Waals surface area contributed by atoms with Gasteiger partial charge in [-0.25, -0.2) is 13.2 Å². The van der Waals surface area contributed by atoms with Gasteiger partial charge in [0.05, 0.1) is 24.7 Å². The number of hydrogen-bond acceptors (Lipinski definition) is 5. The molecule has 1 aliphatic carbocycles. The van der Waals surface area contributed by atoms with Gasteiger partial charge < -0.3 is 10.1 Å².